The van der Waals surface area contributed by atoms with Crippen LogP contribution < -0.4 is 5.32 Å². The lowest BCUT2D eigenvalue weighted by molar-refractivity contribution is 0.194. The average Bonchev–Trinajstić information content (AvgIpc) is 2.98. The van der Waals surface area contributed by atoms with Crippen LogP contribution in [0.25, 0.3) is 0 Å². The minimum absolute atomic E-state index is 0.0495. The third kappa shape index (κ3) is 4.84. The van der Waals surface area contributed by atoms with Crippen LogP contribution in [0.2, 0.25) is 0 Å². The molecule has 0 unspecified atom stereocenters. The molecule has 1 aromatic heterocycles. The molecule has 1 fully saturated rings. The van der Waals surface area contributed by atoms with Gasteiger partial charge in [-0.3, -0.25) is 4.90 Å². The molecule has 0 bridgehead atoms. The zero-order valence-corrected chi connectivity index (χ0v) is 14.3. The number of carbonyl (C=O) groups is 1. The molecule has 1 N–H and O–H groups in total. The van der Waals surface area contributed by atoms with Crippen molar-refractivity contribution in [3.8, 4) is 0 Å². The van der Waals surface area contributed by atoms with Gasteiger partial charge in [-0.25, -0.2) is 14.8 Å². The Morgan fingerprint density at radius 2 is 2.27 bits per heavy atom. The smallest absolute Gasteiger partial charge is 0.317 e. The highest BCUT2D eigenvalue weighted by Gasteiger charge is 2.29. The predicted molar refractivity (Wildman–Crippen MR) is 89.9 cm³/mol. The zero-order valence-electron chi connectivity index (χ0n) is 13.5. The number of likely N-dealkylation sites (tertiary alicyclic amines) is 1. The summed E-state index contributed by atoms with van der Waals surface area (Å²) in [5.74, 6) is 1.76. The number of rotatable bonds is 6. The lowest BCUT2D eigenvalue weighted by Crippen LogP contribution is -2.45. The number of carbonyl (C=O) groups excluding carboxylic acids is 1. The van der Waals surface area contributed by atoms with E-state index >= 15 is 0 Å². The van der Waals surface area contributed by atoms with Crippen LogP contribution in [-0.2, 0) is 6.54 Å². The molecule has 1 aliphatic heterocycles. The molecule has 2 amide bonds. The fourth-order valence-electron chi connectivity index (χ4n) is 2.64. The van der Waals surface area contributed by atoms with E-state index in [0.29, 0.717) is 12.6 Å². The van der Waals surface area contributed by atoms with E-state index in [0.717, 1.165) is 31.1 Å². The Bertz CT molecular complexity index is 472. The van der Waals surface area contributed by atoms with Gasteiger partial charge in [0.1, 0.15) is 5.82 Å². The molecule has 1 saturated heterocycles. The van der Waals surface area contributed by atoms with Crippen molar-refractivity contribution in [2.45, 2.75) is 32.0 Å². The summed E-state index contributed by atoms with van der Waals surface area (Å²) in [4.78, 5) is 24.9. The first kappa shape index (κ1) is 17.0. The van der Waals surface area contributed by atoms with Gasteiger partial charge >= 0.3 is 6.03 Å². The monoisotopic (exact) mass is 323 g/mol. The Morgan fingerprint density at radius 1 is 1.55 bits per heavy atom. The second-order valence-corrected chi connectivity index (χ2v) is 6.69. The van der Waals surface area contributed by atoms with Crippen LogP contribution in [0, 0.1) is 0 Å². The molecule has 0 spiro atoms. The highest BCUT2D eigenvalue weighted by atomic mass is 32.2. The Hall–Kier alpha value is -1.34. The van der Waals surface area contributed by atoms with Crippen molar-refractivity contribution < 1.29 is 4.79 Å². The van der Waals surface area contributed by atoms with Crippen molar-refractivity contribution in [3.63, 3.8) is 0 Å². The molecule has 22 heavy (non-hydrogen) atoms. The summed E-state index contributed by atoms with van der Waals surface area (Å²) in [6, 6.07) is 2.44. The summed E-state index contributed by atoms with van der Waals surface area (Å²) in [6.07, 6.45) is 6.57. The standard InChI is InChI=1S/C15H25N5OS/c1-12(11-22-3)18-15(21)20-8-5-13(9-20)19(2)10-14-16-6-4-7-17-14/h4,6-7,12-13H,5,8-11H2,1-3H3,(H,18,21)/t12-,13-/m1/s1. The number of hydrogen-bond donors (Lipinski definition) is 1. The Labute approximate surface area is 136 Å². The first-order valence-corrected chi connectivity index (χ1v) is 9.00. The van der Waals surface area contributed by atoms with Gasteiger partial charge in [-0.1, -0.05) is 0 Å². The lowest BCUT2D eigenvalue weighted by Gasteiger charge is -2.24. The molecule has 2 rings (SSSR count). The molecular weight excluding hydrogens is 298 g/mol. The average molecular weight is 323 g/mol. The molecule has 1 aromatic rings. The highest BCUT2D eigenvalue weighted by molar-refractivity contribution is 7.98. The minimum Gasteiger partial charge on any atom is -0.335 e. The van der Waals surface area contributed by atoms with Gasteiger partial charge in [0.25, 0.3) is 0 Å². The number of aromatic nitrogens is 2. The molecule has 0 radical (unpaired) electrons. The van der Waals surface area contributed by atoms with Crippen molar-refractivity contribution in [2.24, 2.45) is 0 Å². The SMILES string of the molecule is CSC[C@@H](C)NC(=O)N1CC[C@@H](N(C)Cc2ncccn2)C1. The van der Waals surface area contributed by atoms with Crippen LogP contribution in [0.15, 0.2) is 18.5 Å². The summed E-state index contributed by atoms with van der Waals surface area (Å²) in [5.41, 5.74) is 0. The molecule has 0 saturated carbocycles. The topological polar surface area (TPSA) is 61.4 Å². The number of nitrogens with one attached hydrogen (secondary N) is 1. The summed E-state index contributed by atoms with van der Waals surface area (Å²) < 4.78 is 0. The van der Waals surface area contributed by atoms with Gasteiger partial charge in [0.2, 0.25) is 0 Å². The van der Waals surface area contributed by atoms with Crippen LogP contribution in [-0.4, -0.2) is 70.0 Å². The van der Waals surface area contributed by atoms with Gasteiger partial charge in [0, 0.05) is 43.3 Å². The van der Waals surface area contributed by atoms with E-state index < -0.39 is 0 Å². The van der Waals surface area contributed by atoms with Gasteiger partial charge in [-0.2, -0.15) is 11.8 Å². The molecule has 6 nitrogen and oxygen atoms in total. The first-order valence-electron chi connectivity index (χ1n) is 7.60. The van der Waals surface area contributed by atoms with Gasteiger partial charge in [-0.05, 0) is 32.7 Å². The number of nitrogens with zero attached hydrogens (tertiary/aromatic N) is 4. The molecule has 7 heteroatoms. The van der Waals surface area contributed by atoms with Crippen LogP contribution in [0.5, 0.6) is 0 Å². The fourth-order valence-corrected chi connectivity index (χ4v) is 3.23. The van der Waals surface area contributed by atoms with E-state index in [1.807, 2.05) is 17.9 Å². The number of hydrogen-bond acceptors (Lipinski definition) is 5. The van der Waals surface area contributed by atoms with E-state index in [2.05, 4.69) is 33.5 Å². The Balaban J connectivity index is 1.80. The summed E-state index contributed by atoms with van der Waals surface area (Å²) in [5, 5.41) is 3.05. The van der Waals surface area contributed by atoms with E-state index in [1.165, 1.54) is 0 Å². The number of thioether (sulfide) groups is 1. The van der Waals surface area contributed by atoms with Crippen LogP contribution in [0.1, 0.15) is 19.2 Å². The third-order valence-electron chi connectivity index (χ3n) is 3.87. The largest absolute Gasteiger partial charge is 0.335 e. The maximum atomic E-state index is 12.2. The van der Waals surface area contributed by atoms with Crippen LogP contribution >= 0.6 is 11.8 Å². The summed E-state index contributed by atoms with van der Waals surface area (Å²) >= 11 is 1.75. The van der Waals surface area contributed by atoms with Gasteiger partial charge < -0.3 is 10.2 Å². The molecule has 122 valence electrons. The quantitative estimate of drug-likeness (QED) is 0.858. The maximum Gasteiger partial charge on any atom is 0.317 e. The van der Waals surface area contributed by atoms with Crippen molar-refractivity contribution in [3.05, 3.63) is 24.3 Å². The zero-order chi connectivity index (χ0) is 15.9. The van der Waals surface area contributed by atoms with Gasteiger partial charge in [0.05, 0.1) is 6.54 Å². The van der Waals surface area contributed by atoms with Crippen molar-refractivity contribution >= 4 is 17.8 Å². The Morgan fingerprint density at radius 3 is 2.95 bits per heavy atom. The molecule has 0 aromatic carbocycles. The van der Waals surface area contributed by atoms with Crippen LogP contribution in [0.4, 0.5) is 4.79 Å². The Kier molecular flexibility index (Phi) is 6.45. The van der Waals surface area contributed by atoms with Crippen molar-refractivity contribution in [1.29, 1.82) is 0 Å². The second-order valence-electron chi connectivity index (χ2n) is 5.77. The van der Waals surface area contributed by atoms with Crippen molar-refractivity contribution in [1.82, 2.24) is 25.1 Å². The molecular formula is C15H25N5OS. The van der Waals surface area contributed by atoms with E-state index in [1.54, 1.807) is 24.2 Å². The van der Waals surface area contributed by atoms with Crippen LogP contribution in [0.3, 0.4) is 0 Å². The van der Waals surface area contributed by atoms with E-state index in [-0.39, 0.29) is 12.1 Å². The fraction of sp³-hybridized carbons (Fsp3) is 0.667. The molecule has 2 heterocycles. The molecule has 1 aliphatic rings. The summed E-state index contributed by atoms with van der Waals surface area (Å²) in [7, 11) is 2.07. The number of urea groups is 1. The lowest BCUT2D eigenvalue weighted by atomic mass is 10.2. The third-order valence-corrected chi connectivity index (χ3v) is 4.70. The number of amides is 2. The normalized spacial score (nSPS) is 19.5. The van der Waals surface area contributed by atoms with E-state index in [4.69, 9.17) is 0 Å². The van der Waals surface area contributed by atoms with Gasteiger partial charge in [-0.15, -0.1) is 0 Å². The highest BCUT2D eigenvalue weighted by Crippen LogP contribution is 2.16. The minimum atomic E-state index is 0.0495. The van der Waals surface area contributed by atoms with E-state index in [9.17, 15) is 4.79 Å². The molecule has 2 atom stereocenters. The number of likely N-dealkylation sites (N-methyl/N-ethyl adjacent to an activating group) is 1. The summed E-state index contributed by atoms with van der Waals surface area (Å²) in [6.45, 7) is 4.33. The molecule has 0 aliphatic carbocycles. The van der Waals surface area contributed by atoms with Crippen molar-refractivity contribution in [2.75, 3.05) is 32.1 Å². The van der Waals surface area contributed by atoms with Gasteiger partial charge in [0.15, 0.2) is 0 Å². The first-order chi connectivity index (χ1) is 10.6. The second kappa shape index (κ2) is 8.33. The predicted octanol–water partition coefficient (Wildman–Crippen LogP) is 1.44. The maximum absolute atomic E-state index is 12.2.